The van der Waals surface area contributed by atoms with Gasteiger partial charge in [-0.2, -0.15) is 0 Å². The maximum Gasteiger partial charge on any atom is 0.306 e. The quantitative estimate of drug-likeness (QED) is 0.0261. The fraction of sp³-hybridized carbons (Fsp3) is 0.720. The van der Waals surface area contributed by atoms with Crippen molar-refractivity contribution < 1.29 is 28.6 Å². The van der Waals surface area contributed by atoms with Crippen molar-refractivity contribution in [2.75, 3.05) is 13.2 Å². The molecule has 0 aliphatic rings. The van der Waals surface area contributed by atoms with E-state index in [1.165, 1.54) is 154 Å². The van der Waals surface area contributed by atoms with Gasteiger partial charge in [0.2, 0.25) is 0 Å². The van der Waals surface area contributed by atoms with E-state index in [1.807, 2.05) is 0 Å². The summed E-state index contributed by atoms with van der Waals surface area (Å²) in [6.45, 7) is 6.50. The summed E-state index contributed by atoms with van der Waals surface area (Å²) >= 11 is 0. The molecule has 0 bridgehead atoms. The van der Waals surface area contributed by atoms with Crippen molar-refractivity contribution in [2.45, 2.75) is 335 Å². The average Bonchev–Trinajstić information content (AvgIpc) is 3.47. The van der Waals surface area contributed by atoms with Crippen LogP contribution in [0.15, 0.2) is 109 Å². The van der Waals surface area contributed by atoms with Crippen LogP contribution in [0.3, 0.4) is 0 Å². The van der Waals surface area contributed by atoms with Gasteiger partial charge in [-0.05, 0) is 109 Å². The Morgan fingerprint density at radius 3 is 0.790 bits per heavy atom. The van der Waals surface area contributed by atoms with E-state index in [2.05, 4.69) is 130 Å². The molecule has 0 spiro atoms. The van der Waals surface area contributed by atoms with Gasteiger partial charge in [-0.1, -0.05) is 310 Å². The van der Waals surface area contributed by atoms with Crippen LogP contribution >= 0.6 is 0 Å². The molecule has 1 atom stereocenters. The first-order valence-electron chi connectivity index (χ1n) is 34.4. The Balaban J connectivity index is 4.41. The van der Waals surface area contributed by atoms with Crippen molar-refractivity contribution in [1.29, 1.82) is 0 Å². The predicted molar refractivity (Wildman–Crippen MR) is 353 cm³/mol. The SMILES string of the molecule is CC/C=C\C/C=C\C/C=C\C/C=C\C/C=C\C/C=C\C/C=C\CCCCCC(=O)OCC(COC(=O)CCCCCCC/C=C\C/C=C\CCCCC)OC(=O)CCCCCCCCCCCCCCCCCCCCCCCCC. The molecular formula is C75H128O6. The summed E-state index contributed by atoms with van der Waals surface area (Å²) in [5.74, 6) is -0.928. The van der Waals surface area contributed by atoms with Gasteiger partial charge in [-0.15, -0.1) is 0 Å². The largest absolute Gasteiger partial charge is 0.462 e. The number of unbranched alkanes of at least 4 members (excludes halogenated alkanes) is 33. The van der Waals surface area contributed by atoms with Gasteiger partial charge in [0, 0.05) is 19.3 Å². The summed E-state index contributed by atoms with van der Waals surface area (Å²) in [5, 5.41) is 0. The van der Waals surface area contributed by atoms with Gasteiger partial charge in [0.05, 0.1) is 0 Å². The first-order valence-corrected chi connectivity index (χ1v) is 34.4. The third-order valence-electron chi connectivity index (χ3n) is 14.8. The fourth-order valence-corrected chi connectivity index (χ4v) is 9.63. The lowest BCUT2D eigenvalue weighted by Crippen LogP contribution is -2.30. The van der Waals surface area contributed by atoms with Gasteiger partial charge in [-0.3, -0.25) is 14.4 Å². The van der Waals surface area contributed by atoms with Crippen LogP contribution in [0, 0.1) is 0 Å². The Bertz CT molecular complexity index is 1620. The zero-order valence-electron chi connectivity index (χ0n) is 53.3. The van der Waals surface area contributed by atoms with E-state index < -0.39 is 6.10 Å². The van der Waals surface area contributed by atoms with Gasteiger partial charge in [0.1, 0.15) is 13.2 Å². The van der Waals surface area contributed by atoms with Crippen LogP contribution in [-0.4, -0.2) is 37.2 Å². The molecule has 0 saturated carbocycles. The van der Waals surface area contributed by atoms with Gasteiger partial charge in [-0.25, -0.2) is 0 Å². The van der Waals surface area contributed by atoms with Crippen LogP contribution in [0.1, 0.15) is 329 Å². The third-order valence-corrected chi connectivity index (χ3v) is 14.8. The summed E-state index contributed by atoms with van der Waals surface area (Å²) in [5.41, 5.74) is 0. The van der Waals surface area contributed by atoms with E-state index in [0.29, 0.717) is 19.3 Å². The number of allylic oxidation sites excluding steroid dienone is 18. The molecule has 0 aliphatic heterocycles. The molecule has 0 radical (unpaired) electrons. The lowest BCUT2D eigenvalue weighted by atomic mass is 10.0. The van der Waals surface area contributed by atoms with Crippen LogP contribution in [0.4, 0.5) is 0 Å². The Hall–Kier alpha value is -3.93. The average molecular weight is 1130 g/mol. The maximum atomic E-state index is 13.0. The standard InChI is InChI=1S/C75H128O6/c1-4-7-10-13-16-19-22-25-28-30-32-34-36-37-39-40-42-44-47-50-53-56-59-62-65-68-74(77)80-71-72(70-79-73(76)67-64-61-58-55-52-49-46-27-24-21-18-15-12-9-6-3)81-75(78)69-66-63-60-57-54-51-48-45-43-41-38-35-33-31-29-26-23-20-17-14-11-8-5-2/h7,10,16,18-19,21,25,27-28,32,34,37,39,42,44,46,50,53,72H,4-6,8-9,11-15,17,20,22-24,26,29-31,33,35-36,38,40-41,43,45,47-49,51-52,54-71H2,1-3H3/b10-7-,19-16-,21-18-,28-25-,34-32-,39-37-,44-42-,46-27-,53-50-. The fourth-order valence-electron chi connectivity index (χ4n) is 9.63. The first kappa shape index (κ1) is 77.1. The van der Waals surface area contributed by atoms with Crippen LogP contribution in [0.25, 0.3) is 0 Å². The first-order chi connectivity index (χ1) is 40.0. The normalized spacial score (nSPS) is 12.8. The second kappa shape index (κ2) is 68.6. The molecule has 0 fully saturated rings. The topological polar surface area (TPSA) is 78.9 Å². The molecule has 6 heteroatoms. The number of hydrogen-bond acceptors (Lipinski definition) is 6. The van der Waals surface area contributed by atoms with E-state index >= 15 is 0 Å². The van der Waals surface area contributed by atoms with Crippen LogP contribution in [0.5, 0.6) is 0 Å². The van der Waals surface area contributed by atoms with Crippen molar-refractivity contribution in [3.63, 3.8) is 0 Å². The highest BCUT2D eigenvalue weighted by Crippen LogP contribution is 2.17. The Labute approximate surface area is 501 Å². The molecule has 0 saturated heterocycles. The van der Waals surface area contributed by atoms with Crippen LogP contribution < -0.4 is 0 Å². The molecule has 81 heavy (non-hydrogen) atoms. The second-order valence-electron chi connectivity index (χ2n) is 22.7. The molecule has 0 aromatic carbocycles. The minimum Gasteiger partial charge on any atom is -0.462 e. The van der Waals surface area contributed by atoms with Crippen molar-refractivity contribution in [3.8, 4) is 0 Å². The highest BCUT2D eigenvalue weighted by Gasteiger charge is 2.19. The minimum absolute atomic E-state index is 0.0948. The maximum absolute atomic E-state index is 13.0. The van der Waals surface area contributed by atoms with E-state index in [1.54, 1.807) is 0 Å². The zero-order chi connectivity index (χ0) is 58.5. The smallest absolute Gasteiger partial charge is 0.306 e. The summed E-state index contributed by atoms with van der Waals surface area (Å²) < 4.78 is 16.9. The number of esters is 3. The van der Waals surface area contributed by atoms with Crippen molar-refractivity contribution >= 4 is 17.9 Å². The number of rotatable bonds is 62. The number of carbonyl (C=O) groups is 3. The van der Waals surface area contributed by atoms with E-state index in [9.17, 15) is 14.4 Å². The summed E-state index contributed by atoms with van der Waals surface area (Å²) in [4.78, 5) is 38.4. The zero-order valence-corrected chi connectivity index (χ0v) is 53.3. The van der Waals surface area contributed by atoms with E-state index in [0.717, 1.165) is 135 Å². The molecule has 0 heterocycles. The second-order valence-corrected chi connectivity index (χ2v) is 22.7. The van der Waals surface area contributed by atoms with Crippen molar-refractivity contribution in [3.05, 3.63) is 109 Å². The lowest BCUT2D eigenvalue weighted by molar-refractivity contribution is -0.167. The summed E-state index contributed by atoms with van der Waals surface area (Å²) in [7, 11) is 0. The summed E-state index contributed by atoms with van der Waals surface area (Å²) in [6, 6.07) is 0. The Kier molecular flexibility index (Phi) is 65.2. The number of ether oxygens (including phenoxy) is 3. The molecule has 464 valence electrons. The van der Waals surface area contributed by atoms with Gasteiger partial charge >= 0.3 is 17.9 Å². The minimum atomic E-state index is -0.800. The van der Waals surface area contributed by atoms with E-state index in [-0.39, 0.29) is 31.1 Å². The molecule has 0 aliphatic carbocycles. The monoisotopic (exact) mass is 1120 g/mol. The highest BCUT2D eigenvalue weighted by molar-refractivity contribution is 5.71. The third kappa shape index (κ3) is 66.8. The number of hydrogen-bond donors (Lipinski definition) is 0. The molecule has 0 aromatic heterocycles. The molecule has 0 rings (SSSR count). The molecule has 1 unspecified atom stereocenters. The Morgan fingerprint density at radius 2 is 0.481 bits per heavy atom. The lowest BCUT2D eigenvalue weighted by Gasteiger charge is -2.18. The van der Waals surface area contributed by atoms with Crippen molar-refractivity contribution in [2.24, 2.45) is 0 Å². The van der Waals surface area contributed by atoms with Gasteiger partial charge in [0.25, 0.3) is 0 Å². The van der Waals surface area contributed by atoms with Gasteiger partial charge < -0.3 is 14.2 Å². The predicted octanol–water partition coefficient (Wildman–Crippen LogP) is 23.8. The molecule has 6 nitrogen and oxygen atoms in total. The van der Waals surface area contributed by atoms with Crippen LogP contribution in [0.2, 0.25) is 0 Å². The molecular weight excluding hydrogens is 997 g/mol. The molecule has 0 amide bonds. The molecule has 0 aromatic rings. The summed E-state index contributed by atoms with van der Waals surface area (Å²) in [6.07, 6.45) is 93.9. The van der Waals surface area contributed by atoms with E-state index in [4.69, 9.17) is 14.2 Å². The van der Waals surface area contributed by atoms with Gasteiger partial charge in [0.15, 0.2) is 6.10 Å². The van der Waals surface area contributed by atoms with Crippen LogP contribution in [-0.2, 0) is 28.6 Å². The molecule has 0 N–H and O–H groups in total. The Morgan fingerprint density at radius 1 is 0.259 bits per heavy atom. The number of carbonyl (C=O) groups excluding carboxylic acids is 3. The highest BCUT2D eigenvalue weighted by atomic mass is 16.6. The van der Waals surface area contributed by atoms with Crippen molar-refractivity contribution in [1.82, 2.24) is 0 Å².